The zero-order valence-corrected chi connectivity index (χ0v) is 13.7. The zero-order valence-electron chi connectivity index (χ0n) is 12.2. The molecule has 0 unspecified atom stereocenters. The molecule has 1 aromatic carbocycles. The van der Waals surface area contributed by atoms with E-state index < -0.39 is 0 Å². The highest BCUT2D eigenvalue weighted by Crippen LogP contribution is 2.34. The predicted octanol–water partition coefficient (Wildman–Crippen LogP) is 5.65. The molecule has 2 nitrogen and oxygen atoms in total. The Morgan fingerprint density at radius 2 is 1.68 bits per heavy atom. The normalized spacial score (nSPS) is 9.89. The molecule has 19 heavy (non-hydrogen) atoms. The van der Waals surface area contributed by atoms with Crippen LogP contribution in [0.25, 0.3) is 0 Å². The third-order valence-electron chi connectivity index (χ3n) is 2.47. The summed E-state index contributed by atoms with van der Waals surface area (Å²) in [5.74, 6) is 0.974. The molecule has 0 bridgehead atoms. The van der Waals surface area contributed by atoms with Gasteiger partial charge in [0, 0.05) is 12.0 Å². The lowest BCUT2D eigenvalue weighted by atomic mass is 10.0. The summed E-state index contributed by atoms with van der Waals surface area (Å²) < 4.78 is 5.03. The Morgan fingerprint density at radius 1 is 1.21 bits per heavy atom. The summed E-state index contributed by atoms with van der Waals surface area (Å²) in [5.41, 5.74) is 0.543. The molecule has 0 aliphatic carbocycles. The van der Waals surface area contributed by atoms with E-state index in [0.717, 1.165) is 6.42 Å². The molecule has 0 amide bonds. The molecule has 0 aromatic heterocycles. The Kier molecular flexibility index (Phi) is 8.86. The molecule has 108 valence electrons. The van der Waals surface area contributed by atoms with E-state index in [-0.39, 0.29) is 5.78 Å². The van der Waals surface area contributed by atoms with E-state index in [1.165, 1.54) is 7.11 Å². The number of carbonyl (C=O) groups is 1. The number of Topliss-reactive ketones (excluding diaryl/α,β-unsaturated/α-hetero) is 1. The molecule has 1 rings (SSSR count). The molecule has 0 heterocycles. The quantitative estimate of drug-likeness (QED) is 0.657. The van der Waals surface area contributed by atoms with Crippen LogP contribution in [0.2, 0.25) is 10.0 Å². The number of methoxy groups -OCH3 is 1. The molecule has 0 aliphatic rings. The van der Waals surface area contributed by atoms with E-state index in [0.29, 0.717) is 33.7 Å². The van der Waals surface area contributed by atoms with Crippen LogP contribution in [0.5, 0.6) is 5.75 Å². The molecule has 0 radical (unpaired) electrons. The molecule has 0 saturated heterocycles. The first kappa shape index (κ1) is 18.3. The van der Waals surface area contributed by atoms with E-state index in [1.807, 2.05) is 13.8 Å². The van der Waals surface area contributed by atoms with Gasteiger partial charge in [-0.25, -0.2) is 0 Å². The summed E-state index contributed by atoms with van der Waals surface area (Å²) in [6, 6.07) is 3.21. The van der Waals surface area contributed by atoms with E-state index in [9.17, 15) is 4.79 Å². The molecule has 0 atom stereocenters. The summed E-state index contributed by atoms with van der Waals surface area (Å²) in [6.45, 7) is 8.17. The highest BCUT2D eigenvalue weighted by Gasteiger charge is 2.13. The van der Waals surface area contributed by atoms with E-state index in [1.54, 1.807) is 12.1 Å². The average Bonchev–Trinajstić information content (AvgIpc) is 2.37. The van der Waals surface area contributed by atoms with Crippen molar-refractivity contribution in [3.8, 4) is 5.75 Å². The van der Waals surface area contributed by atoms with Crippen molar-refractivity contribution in [1.29, 1.82) is 0 Å². The Labute approximate surface area is 126 Å². The van der Waals surface area contributed by atoms with Crippen LogP contribution in [0, 0.1) is 5.92 Å². The van der Waals surface area contributed by atoms with Crippen molar-refractivity contribution in [3.05, 3.63) is 27.7 Å². The fourth-order valence-electron chi connectivity index (χ4n) is 1.48. The van der Waals surface area contributed by atoms with E-state index in [2.05, 4.69) is 13.8 Å². The first-order chi connectivity index (χ1) is 8.95. The van der Waals surface area contributed by atoms with Crippen molar-refractivity contribution >= 4 is 29.0 Å². The maximum atomic E-state index is 11.9. The van der Waals surface area contributed by atoms with Gasteiger partial charge in [0.2, 0.25) is 0 Å². The summed E-state index contributed by atoms with van der Waals surface area (Å²) >= 11 is 12.0. The molecule has 0 aliphatic heterocycles. The van der Waals surface area contributed by atoms with Gasteiger partial charge in [0.25, 0.3) is 0 Å². The lowest BCUT2D eigenvalue weighted by Gasteiger charge is -2.09. The van der Waals surface area contributed by atoms with Crippen LogP contribution in [0.4, 0.5) is 0 Å². The molecule has 4 heteroatoms. The van der Waals surface area contributed by atoms with Crippen LogP contribution in [-0.4, -0.2) is 12.9 Å². The van der Waals surface area contributed by atoms with Crippen molar-refractivity contribution in [2.75, 3.05) is 7.11 Å². The Balaban J connectivity index is 0.00000154. The largest absolute Gasteiger partial charge is 0.494 e. The van der Waals surface area contributed by atoms with Crippen molar-refractivity contribution < 1.29 is 9.53 Å². The number of halogens is 2. The molecule has 1 aromatic rings. The van der Waals surface area contributed by atoms with Gasteiger partial charge in [-0.2, -0.15) is 0 Å². The smallest absolute Gasteiger partial charge is 0.162 e. The maximum Gasteiger partial charge on any atom is 0.162 e. The number of ketones is 1. The molecule has 0 N–H and O–H groups in total. The number of hydrogen-bond donors (Lipinski definition) is 0. The summed E-state index contributed by atoms with van der Waals surface area (Å²) in [7, 11) is 1.49. The fraction of sp³-hybridized carbons (Fsp3) is 0.533. The molecular weight excluding hydrogens is 283 g/mol. The molecule has 0 saturated carbocycles. The second-order valence-corrected chi connectivity index (χ2v) is 5.14. The van der Waals surface area contributed by atoms with Crippen molar-refractivity contribution in [1.82, 2.24) is 0 Å². The summed E-state index contributed by atoms with van der Waals surface area (Å²) in [6.07, 6.45) is 1.37. The number of carbonyl (C=O) groups excluding carboxylic acids is 1. The third kappa shape index (κ3) is 5.84. The lowest BCUT2D eigenvalue weighted by molar-refractivity contribution is 0.0975. The number of hydrogen-bond acceptors (Lipinski definition) is 2. The van der Waals surface area contributed by atoms with Gasteiger partial charge in [-0.3, -0.25) is 4.79 Å². The Morgan fingerprint density at radius 3 is 2.05 bits per heavy atom. The minimum absolute atomic E-state index is 0.0603. The van der Waals surface area contributed by atoms with Gasteiger partial charge in [0.05, 0.1) is 17.2 Å². The maximum absolute atomic E-state index is 11.9. The van der Waals surface area contributed by atoms with Crippen LogP contribution in [0.3, 0.4) is 0 Å². The second-order valence-electron chi connectivity index (χ2n) is 4.33. The minimum Gasteiger partial charge on any atom is -0.494 e. The lowest BCUT2D eigenvalue weighted by Crippen LogP contribution is -2.02. The van der Waals surface area contributed by atoms with Crippen molar-refractivity contribution in [2.45, 2.75) is 40.5 Å². The van der Waals surface area contributed by atoms with Gasteiger partial charge < -0.3 is 4.74 Å². The van der Waals surface area contributed by atoms with E-state index >= 15 is 0 Å². The predicted molar refractivity (Wildman–Crippen MR) is 82.8 cm³/mol. The number of ether oxygens (including phenoxy) is 1. The van der Waals surface area contributed by atoms with Crippen LogP contribution >= 0.6 is 23.2 Å². The first-order valence-corrected chi connectivity index (χ1v) is 7.27. The number of benzene rings is 1. The summed E-state index contributed by atoms with van der Waals surface area (Å²) in [5, 5.41) is 0.737. The topological polar surface area (TPSA) is 26.3 Å². The monoisotopic (exact) mass is 304 g/mol. The van der Waals surface area contributed by atoms with Crippen molar-refractivity contribution in [2.24, 2.45) is 5.92 Å². The SMILES string of the molecule is CC.COc1c(Cl)cc(C(=O)CCC(C)C)cc1Cl. The second kappa shape index (κ2) is 9.22. The van der Waals surface area contributed by atoms with Gasteiger partial charge in [-0.15, -0.1) is 0 Å². The molecule has 0 spiro atoms. The highest BCUT2D eigenvalue weighted by molar-refractivity contribution is 6.37. The van der Waals surface area contributed by atoms with Gasteiger partial charge >= 0.3 is 0 Å². The Hall–Kier alpha value is -0.730. The first-order valence-electron chi connectivity index (χ1n) is 6.52. The van der Waals surface area contributed by atoms with Crippen LogP contribution in [0.15, 0.2) is 12.1 Å². The van der Waals surface area contributed by atoms with Gasteiger partial charge in [-0.05, 0) is 24.5 Å². The van der Waals surface area contributed by atoms with Crippen LogP contribution < -0.4 is 4.74 Å². The zero-order chi connectivity index (χ0) is 15.0. The van der Waals surface area contributed by atoms with Gasteiger partial charge in [-0.1, -0.05) is 50.9 Å². The highest BCUT2D eigenvalue weighted by atomic mass is 35.5. The number of rotatable bonds is 5. The Bertz CT molecular complexity index is 392. The third-order valence-corrected chi connectivity index (χ3v) is 3.03. The molecule has 0 fully saturated rings. The standard InChI is InChI=1S/C13H16Cl2O2.C2H6/c1-8(2)4-5-12(16)9-6-10(14)13(17-3)11(15)7-9;1-2/h6-8H,4-5H2,1-3H3;1-2H3. The van der Waals surface area contributed by atoms with E-state index in [4.69, 9.17) is 27.9 Å². The summed E-state index contributed by atoms with van der Waals surface area (Å²) in [4.78, 5) is 11.9. The van der Waals surface area contributed by atoms with Gasteiger partial charge in [0.15, 0.2) is 11.5 Å². The van der Waals surface area contributed by atoms with Gasteiger partial charge in [0.1, 0.15) is 0 Å². The van der Waals surface area contributed by atoms with Crippen molar-refractivity contribution in [3.63, 3.8) is 0 Å². The van der Waals surface area contributed by atoms with Crippen LogP contribution in [0.1, 0.15) is 50.9 Å². The fourth-order valence-corrected chi connectivity index (χ4v) is 2.12. The molecular formula is C15H22Cl2O2. The minimum atomic E-state index is 0.0603. The average molecular weight is 305 g/mol. The van der Waals surface area contributed by atoms with Crippen LogP contribution in [-0.2, 0) is 0 Å².